The van der Waals surface area contributed by atoms with E-state index in [4.69, 9.17) is 4.74 Å². The summed E-state index contributed by atoms with van der Waals surface area (Å²) in [7, 11) is -4.40. The normalized spacial score (nSPS) is 37.3. The standard InChI is InChI=1S/C14H20F2O5S/c1-20-22(18,19)14(15,16)8-21-12(17)13-5-9-2-10(6-13)4-11(3-9)7-13/h9-11H,2-8H2,1H3. The molecule has 0 aliphatic heterocycles. The fourth-order valence-corrected chi connectivity index (χ4v) is 5.30. The lowest BCUT2D eigenvalue weighted by molar-refractivity contribution is -0.177. The molecule has 0 heterocycles. The van der Waals surface area contributed by atoms with Crippen LogP contribution in [0.5, 0.6) is 0 Å². The fourth-order valence-electron chi connectivity index (χ4n) is 4.86. The number of esters is 1. The number of ether oxygens (including phenoxy) is 1. The molecule has 0 radical (unpaired) electrons. The van der Waals surface area contributed by atoms with Crippen LogP contribution in [0.1, 0.15) is 38.5 Å². The molecule has 5 nitrogen and oxygen atoms in total. The summed E-state index contributed by atoms with van der Waals surface area (Å²) in [4.78, 5) is 12.4. The van der Waals surface area contributed by atoms with Crippen LogP contribution in [0.4, 0.5) is 8.78 Å². The first-order valence-electron chi connectivity index (χ1n) is 7.53. The van der Waals surface area contributed by atoms with Crippen molar-refractivity contribution >= 4 is 16.1 Å². The average molecular weight is 338 g/mol. The number of carbonyl (C=O) groups excluding carboxylic acids is 1. The van der Waals surface area contributed by atoms with Crippen LogP contribution in [0, 0.1) is 23.2 Å². The van der Waals surface area contributed by atoms with Gasteiger partial charge >= 0.3 is 21.3 Å². The minimum Gasteiger partial charge on any atom is -0.458 e. The SMILES string of the molecule is COS(=O)(=O)C(F)(F)COC(=O)C12CC3CC(CC(C3)C1)C2. The van der Waals surface area contributed by atoms with Gasteiger partial charge in [-0.1, -0.05) is 0 Å². The fraction of sp³-hybridized carbons (Fsp3) is 0.929. The first kappa shape index (κ1) is 16.1. The maximum Gasteiger partial charge on any atom is 0.403 e. The Labute approximate surface area is 128 Å². The highest BCUT2D eigenvalue weighted by Gasteiger charge is 2.56. The molecule has 0 amide bonds. The van der Waals surface area contributed by atoms with E-state index in [0.29, 0.717) is 44.1 Å². The number of halogens is 2. The van der Waals surface area contributed by atoms with E-state index < -0.39 is 33.4 Å². The van der Waals surface area contributed by atoms with E-state index in [1.807, 2.05) is 0 Å². The molecule has 0 N–H and O–H groups in total. The van der Waals surface area contributed by atoms with Crippen molar-refractivity contribution in [2.45, 2.75) is 43.8 Å². The molecule has 4 bridgehead atoms. The predicted molar refractivity (Wildman–Crippen MR) is 72.4 cm³/mol. The molecule has 0 aromatic heterocycles. The van der Waals surface area contributed by atoms with Gasteiger partial charge in [0, 0.05) is 0 Å². The topological polar surface area (TPSA) is 69.7 Å². The Hall–Kier alpha value is -0.760. The van der Waals surface area contributed by atoms with E-state index in [-0.39, 0.29) is 0 Å². The second-order valence-corrected chi connectivity index (χ2v) is 8.87. The molecule has 4 rings (SSSR count). The van der Waals surface area contributed by atoms with Crippen LogP contribution in [-0.4, -0.2) is 33.4 Å². The number of hydrogen-bond donors (Lipinski definition) is 0. The van der Waals surface area contributed by atoms with E-state index in [0.717, 1.165) is 19.3 Å². The molecule has 22 heavy (non-hydrogen) atoms. The summed E-state index contributed by atoms with van der Waals surface area (Å²) in [6.45, 7) is -1.48. The second-order valence-electron chi connectivity index (χ2n) is 7.03. The zero-order chi connectivity index (χ0) is 16.2. The van der Waals surface area contributed by atoms with Gasteiger partial charge in [-0.05, 0) is 56.3 Å². The molecule has 4 aliphatic rings. The second kappa shape index (κ2) is 5.12. The lowest BCUT2D eigenvalue weighted by Crippen LogP contribution is -2.51. The van der Waals surface area contributed by atoms with Crippen LogP contribution in [0.3, 0.4) is 0 Å². The van der Waals surface area contributed by atoms with Gasteiger partial charge < -0.3 is 4.74 Å². The Balaban J connectivity index is 1.68. The third kappa shape index (κ3) is 2.54. The average Bonchev–Trinajstić information content (AvgIpc) is 2.43. The number of rotatable bonds is 5. The molecule has 0 aromatic carbocycles. The molecule has 0 atom stereocenters. The Morgan fingerprint density at radius 2 is 1.59 bits per heavy atom. The number of hydrogen-bond acceptors (Lipinski definition) is 5. The molecule has 0 unspecified atom stereocenters. The van der Waals surface area contributed by atoms with Crippen LogP contribution in [0.25, 0.3) is 0 Å². The lowest BCUT2D eigenvalue weighted by Gasteiger charge is -2.55. The summed E-state index contributed by atoms with van der Waals surface area (Å²) in [6.07, 6.45) is 5.38. The van der Waals surface area contributed by atoms with Crippen molar-refractivity contribution < 1.29 is 30.9 Å². The lowest BCUT2D eigenvalue weighted by atomic mass is 9.49. The van der Waals surface area contributed by atoms with Crippen molar-refractivity contribution in [1.29, 1.82) is 0 Å². The van der Waals surface area contributed by atoms with E-state index in [9.17, 15) is 22.0 Å². The van der Waals surface area contributed by atoms with Crippen LogP contribution in [-0.2, 0) is 23.8 Å². The zero-order valence-corrected chi connectivity index (χ0v) is 13.2. The maximum absolute atomic E-state index is 13.5. The van der Waals surface area contributed by atoms with Gasteiger partial charge in [-0.2, -0.15) is 17.2 Å². The van der Waals surface area contributed by atoms with E-state index in [2.05, 4.69) is 4.18 Å². The molecule has 0 spiro atoms. The smallest absolute Gasteiger partial charge is 0.403 e. The number of alkyl halides is 2. The third-order valence-corrected chi connectivity index (χ3v) is 6.72. The summed E-state index contributed by atoms with van der Waals surface area (Å²) in [5.74, 6) is 0.753. The molecule has 4 fully saturated rings. The molecule has 0 aromatic rings. The Kier molecular flexibility index (Phi) is 3.75. The first-order valence-corrected chi connectivity index (χ1v) is 8.93. The van der Waals surface area contributed by atoms with Gasteiger partial charge in [-0.15, -0.1) is 0 Å². The monoisotopic (exact) mass is 338 g/mol. The summed E-state index contributed by atoms with van der Waals surface area (Å²) < 4.78 is 57.9. The molecule has 126 valence electrons. The van der Waals surface area contributed by atoms with Gasteiger partial charge in [0.05, 0.1) is 12.5 Å². The largest absolute Gasteiger partial charge is 0.458 e. The summed E-state index contributed by atoms with van der Waals surface area (Å²) in [6, 6.07) is 0. The van der Waals surface area contributed by atoms with E-state index in [1.54, 1.807) is 0 Å². The van der Waals surface area contributed by atoms with Gasteiger partial charge in [0.25, 0.3) is 0 Å². The van der Waals surface area contributed by atoms with Gasteiger partial charge in [0.15, 0.2) is 6.61 Å². The highest BCUT2D eigenvalue weighted by molar-refractivity contribution is 7.87. The Morgan fingerprint density at radius 1 is 1.14 bits per heavy atom. The Bertz CT molecular complexity index is 536. The highest BCUT2D eigenvalue weighted by Crippen LogP contribution is 2.60. The maximum atomic E-state index is 13.5. The Morgan fingerprint density at radius 3 is 2.00 bits per heavy atom. The summed E-state index contributed by atoms with van der Waals surface area (Å²) >= 11 is 0. The molecule has 4 saturated carbocycles. The van der Waals surface area contributed by atoms with Gasteiger partial charge in [0.2, 0.25) is 0 Å². The third-order valence-electron chi connectivity index (χ3n) is 5.43. The van der Waals surface area contributed by atoms with Gasteiger partial charge in [-0.3, -0.25) is 8.98 Å². The zero-order valence-electron chi connectivity index (χ0n) is 12.4. The van der Waals surface area contributed by atoms with Crippen LogP contribution < -0.4 is 0 Å². The summed E-state index contributed by atoms with van der Waals surface area (Å²) in [5, 5.41) is -4.22. The van der Waals surface area contributed by atoms with E-state index in [1.165, 1.54) is 0 Å². The molecular formula is C14H20F2O5S. The molecular weight excluding hydrogens is 318 g/mol. The minimum absolute atomic E-state index is 0.474. The van der Waals surface area contributed by atoms with Gasteiger partial charge in [0.1, 0.15) is 0 Å². The van der Waals surface area contributed by atoms with Crippen molar-refractivity contribution in [2.24, 2.45) is 23.2 Å². The van der Waals surface area contributed by atoms with Crippen LogP contribution >= 0.6 is 0 Å². The minimum atomic E-state index is -5.06. The van der Waals surface area contributed by atoms with Crippen molar-refractivity contribution in [3.8, 4) is 0 Å². The molecule has 8 heteroatoms. The first-order chi connectivity index (χ1) is 10.2. The molecule has 4 aliphatic carbocycles. The highest BCUT2D eigenvalue weighted by atomic mass is 32.2. The van der Waals surface area contributed by atoms with Crippen LogP contribution in [0.15, 0.2) is 0 Å². The number of carbonyl (C=O) groups is 1. The van der Waals surface area contributed by atoms with Crippen molar-refractivity contribution in [1.82, 2.24) is 0 Å². The summed E-state index contributed by atoms with van der Waals surface area (Å²) in [5.41, 5.74) is -0.679. The van der Waals surface area contributed by atoms with Crippen molar-refractivity contribution in [2.75, 3.05) is 13.7 Å². The quantitative estimate of drug-likeness (QED) is 0.568. The van der Waals surface area contributed by atoms with Crippen LogP contribution in [0.2, 0.25) is 0 Å². The van der Waals surface area contributed by atoms with Gasteiger partial charge in [-0.25, -0.2) is 0 Å². The predicted octanol–water partition coefficient (Wildman–Crippen LogP) is 2.32. The molecule has 0 saturated heterocycles. The van der Waals surface area contributed by atoms with Crippen molar-refractivity contribution in [3.63, 3.8) is 0 Å². The van der Waals surface area contributed by atoms with Crippen molar-refractivity contribution in [3.05, 3.63) is 0 Å². The van der Waals surface area contributed by atoms with E-state index >= 15 is 0 Å².